The minimum absolute atomic E-state index is 0.150. The molecule has 0 spiro atoms. The molecule has 1 fully saturated rings. The van der Waals surface area contributed by atoms with Gasteiger partial charge in [-0.15, -0.1) is 0 Å². The standard InChI is InChI=1S/C17H16N2O/c1-19-16(11-6-2-3-7-12(11)17(19)20)14-10-13(14)15-8-4-5-9-18-15/h2-9,13-14,16H,10H2,1H3/t13-,14-,16?/m1/s1. The fraction of sp³-hybridized carbons (Fsp3) is 0.294. The van der Waals surface area contributed by atoms with E-state index < -0.39 is 0 Å². The second kappa shape index (κ2) is 4.17. The largest absolute Gasteiger partial charge is 0.334 e. The fourth-order valence-corrected chi connectivity index (χ4v) is 3.49. The van der Waals surface area contributed by atoms with E-state index in [2.05, 4.69) is 17.1 Å². The molecule has 0 saturated heterocycles. The van der Waals surface area contributed by atoms with Crippen LogP contribution in [-0.2, 0) is 0 Å². The third kappa shape index (κ3) is 1.59. The van der Waals surface area contributed by atoms with Crippen molar-refractivity contribution in [1.82, 2.24) is 9.88 Å². The molecule has 2 heterocycles. The topological polar surface area (TPSA) is 33.2 Å². The van der Waals surface area contributed by atoms with Gasteiger partial charge in [-0.25, -0.2) is 0 Å². The Labute approximate surface area is 118 Å². The number of hydrogen-bond acceptors (Lipinski definition) is 2. The van der Waals surface area contributed by atoms with Crippen molar-refractivity contribution in [1.29, 1.82) is 0 Å². The monoisotopic (exact) mass is 264 g/mol. The Morgan fingerprint density at radius 1 is 1.15 bits per heavy atom. The maximum Gasteiger partial charge on any atom is 0.254 e. The minimum Gasteiger partial charge on any atom is -0.334 e. The lowest BCUT2D eigenvalue weighted by Crippen LogP contribution is -2.24. The molecule has 1 aliphatic heterocycles. The summed E-state index contributed by atoms with van der Waals surface area (Å²) in [5.74, 6) is 1.14. The summed E-state index contributed by atoms with van der Waals surface area (Å²) in [5.41, 5.74) is 3.21. The van der Waals surface area contributed by atoms with Gasteiger partial charge in [-0.1, -0.05) is 24.3 Å². The SMILES string of the molecule is CN1C(=O)c2ccccc2C1[C@@H]1C[C@H]1c1ccccn1. The van der Waals surface area contributed by atoms with E-state index in [9.17, 15) is 4.79 Å². The van der Waals surface area contributed by atoms with Crippen LogP contribution in [0.2, 0.25) is 0 Å². The van der Waals surface area contributed by atoms with Crippen LogP contribution in [0.4, 0.5) is 0 Å². The van der Waals surface area contributed by atoms with Crippen LogP contribution in [0.15, 0.2) is 48.7 Å². The molecule has 1 aliphatic carbocycles. The van der Waals surface area contributed by atoms with E-state index in [1.807, 2.05) is 48.5 Å². The van der Waals surface area contributed by atoms with E-state index in [-0.39, 0.29) is 11.9 Å². The number of amides is 1. The molecule has 1 amide bonds. The molecule has 100 valence electrons. The number of carbonyl (C=O) groups is 1. The Balaban J connectivity index is 1.67. The summed E-state index contributed by atoms with van der Waals surface area (Å²) in [6.45, 7) is 0. The van der Waals surface area contributed by atoms with Crippen molar-refractivity contribution < 1.29 is 4.79 Å². The summed E-state index contributed by atoms with van der Waals surface area (Å²) < 4.78 is 0. The lowest BCUT2D eigenvalue weighted by molar-refractivity contribution is 0.0758. The number of carbonyl (C=O) groups excluding carboxylic acids is 1. The van der Waals surface area contributed by atoms with Gasteiger partial charge in [0.25, 0.3) is 5.91 Å². The first-order valence-electron chi connectivity index (χ1n) is 7.04. The molecule has 1 saturated carbocycles. The van der Waals surface area contributed by atoms with Gasteiger partial charge >= 0.3 is 0 Å². The summed E-state index contributed by atoms with van der Waals surface area (Å²) >= 11 is 0. The van der Waals surface area contributed by atoms with Crippen molar-refractivity contribution in [2.24, 2.45) is 5.92 Å². The maximum absolute atomic E-state index is 12.3. The van der Waals surface area contributed by atoms with E-state index in [1.165, 1.54) is 5.56 Å². The molecule has 2 aromatic rings. The molecular weight excluding hydrogens is 248 g/mol. The Morgan fingerprint density at radius 2 is 1.95 bits per heavy atom. The van der Waals surface area contributed by atoms with Crippen molar-refractivity contribution >= 4 is 5.91 Å². The van der Waals surface area contributed by atoms with Crippen molar-refractivity contribution in [2.45, 2.75) is 18.4 Å². The normalized spacial score (nSPS) is 27.6. The van der Waals surface area contributed by atoms with Gasteiger partial charge in [-0.2, -0.15) is 0 Å². The fourth-order valence-electron chi connectivity index (χ4n) is 3.49. The first-order chi connectivity index (χ1) is 9.77. The molecule has 1 unspecified atom stereocenters. The second-order valence-electron chi connectivity index (χ2n) is 5.71. The lowest BCUT2D eigenvalue weighted by Gasteiger charge is -2.21. The second-order valence-corrected chi connectivity index (χ2v) is 5.71. The first kappa shape index (κ1) is 11.6. The van der Waals surface area contributed by atoms with Crippen LogP contribution in [0.25, 0.3) is 0 Å². The Bertz CT molecular complexity index is 668. The van der Waals surface area contributed by atoms with Crippen LogP contribution in [0.5, 0.6) is 0 Å². The summed E-state index contributed by atoms with van der Waals surface area (Å²) in [6.07, 6.45) is 2.97. The summed E-state index contributed by atoms with van der Waals surface area (Å²) in [5, 5.41) is 0. The average Bonchev–Trinajstić information content (AvgIpc) is 3.24. The average molecular weight is 264 g/mol. The number of hydrogen-bond donors (Lipinski definition) is 0. The zero-order chi connectivity index (χ0) is 13.7. The van der Waals surface area contributed by atoms with Crippen LogP contribution >= 0.6 is 0 Å². The number of rotatable bonds is 2. The van der Waals surface area contributed by atoms with Crippen molar-refractivity contribution in [3.8, 4) is 0 Å². The highest BCUT2D eigenvalue weighted by Gasteiger charge is 2.51. The summed E-state index contributed by atoms with van der Waals surface area (Å²) in [7, 11) is 1.92. The predicted octanol–water partition coefficient (Wildman–Crippen LogP) is 3.01. The Hall–Kier alpha value is -2.16. The van der Waals surface area contributed by atoms with Gasteiger partial charge < -0.3 is 4.90 Å². The molecule has 0 bridgehead atoms. The van der Waals surface area contributed by atoms with Gasteiger partial charge in [-0.3, -0.25) is 9.78 Å². The molecule has 0 N–H and O–H groups in total. The van der Waals surface area contributed by atoms with Crippen LogP contribution < -0.4 is 0 Å². The van der Waals surface area contributed by atoms with E-state index >= 15 is 0 Å². The van der Waals surface area contributed by atoms with Gasteiger partial charge in [0.05, 0.1) is 6.04 Å². The zero-order valence-electron chi connectivity index (χ0n) is 11.4. The quantitative estimate of drug-likeness (QED) is 0.835. The summed E-state index contributed by atoms with van der Waals surface area (Å²) in [4.78, 5) is 18.7. The third-order valence-corrected chi connectivity index (χ3v) is 4.56. The molecule has 1 aromatic heterocycles. The number of pyridine rings is 1. The van der Waals surface area contributed by atoms with Gasteiger partial charge in [0.15, 0.2) is 0 Å². The Morgan fingerprint density at radius 3 is 2.75 bits per heavy atom. The maximum atomic E-state index is 12.3. The molecule has 3 nitrogen and oxygen atoms in total. The molecule has 3 heteroatoms. The number of aromatic nitrogens is 1. The first-order valence-corrected chi connectivity index (χ1v) is 7.04. The molecule has 3 atom stereocenters. The van der Waals surface area contributed by atoms with Crippen LogP contribution in [0, 0.1) is 5.92 Å². The van der Waals surface area contributed by atoms with E-state index in [0.29, 0.717) is 11.8 Å². The van der Waals surface area contributed by atoms with Gasteiger partial charge in [-0.05, 0) is 36.1 Å². The molecule has 0 radical (unpaired) electrons. The van der Waals surface area contributed by atoms with E-state index in [4.69, 9.17) is 0 Å². The number of fused-ring (bicyclic) bond motifs is 1. The van der Waals surface area contributed by atoms with Crippen LogP contribution in [0.1, 0.15) is 40.0 Å². The van der Waals surface area contributed by atoms with E-state index in [1.54, 1.807) is 0 Å². The van der Waals surface area contributed by atoms with Gasteiger partial charge in [0.1, 0.15) is 0 Å². The van der Waals surface area contributed by atoms with Gasteiger partial charge in [0.2, 0.25) is 0 Å². The highest BCUT2D eigenvalue weighted by molar-refractivity contribution is 5.99. The molecule has 4 rings (SSSR count). The van der Waals surface area contributed by atoms with E-state index in [0.717, 1.165) is 17.7 Å². The van der Waals surface area contributed by atoms with Crippen LogP contribution in [0.3, 0.4) is 0 Å². The highest BCUT2D eigenvalue weighted by atomic mass is 16.2. The lowest BCUT2D eigenvalue weighted by atomic mass is 9.99. The predicted molar refractivity (Wildman–Crippen MR) is 76.4 cm³/mol. The van der Waals surface area contributed by atoms with Crippen LogP contribution in [-0.4, -0.2) is 22.8 Å². The number of benzene rings is 1. The van der Waals surface area contributed by atoms with Crippen molar-refractivity contribution in [2.75, 3.05) is 7.05 Å². The smallest absolute Gasteiger partial charge is 0.254 e. The summed E-state index contributed by atoms with van der Waals surface area (Å²) in [6, 6.07) is 14.3. The molecule has 20 heavy (non-hydrogen) atoms. The third-order valence-electron chi connectivity index (χ3n) is 4.56. The number of nitrogens with zero attached hydrogens (tertiary/aromatic N) is 2. The van der Waals surface area contributed by atoms with Crippen molar-refractivity contribution in [3.63, 3.8) is 0 Å². The van der Waals surface area contributed by atoms with Crippen molar-refractivity contribution in [3.05, 3.63) is 65.5 Å². The van der Waals surface area contributed by atoms with Gasteiger partial charge in [0, 0.05) is 30.4 Å². The molecular formula is C17H16N2O. The zero-order valence-corrected chi connectivity index (χ0v) is 11.4. The molecule has 2 aliphatic rings. The highest BCUT2D eigenvalue weighted by Crippen LogP contribution is 2.57. The Kier molecular flexibility index (Phi) is 2.43. The minimum atomic E-state index is 0.150. The molecule has 1 aromatic carbocycles.